The second kappa shape index (κ2) is 7.69. The van der Waals surface area contributed by atoms with E-state index < -0.39 is 12.0 Å². The number of nitrogens with zero attached hydrogens (tertiary/aromatic N) is 6. The van der Waals surface area contributed by atoms with Crippen molar-refractivity contribution >= 4 is 17.5 Å². The van der Waals surface area contributed by atoms with Crippen LogP contribution in [-0.4, -0.2) is 35.3 Å². The van der Waals surface area contributed by atoms with E-state index in [2.05, 4.69) is 25.5 Å². The number of halogens is 3. The molecule has 1 N–H and O–H groups in total. The van der Waals surface area contributed by atoms with Crippen molar-refractivity contribution in [2.75, 3.05) is 5.32 Å². The van der Waals surface area contributed by atoms with Gasteiger partial charge >= 0.3 is 6.18 Å². The Balaban J connectivity index is 1.48. The van der Waals surface area contributed by atoms with Gasteiger partial charge in [0.15, 0.2) is 0 Å². The first kappa shape index (κ1) is 20.3. The van der Waals surface area contributed by atoms with E-state index >= 15 is 0 Å². The summed E-state index contributed by atoms with van der Waals surface area (Å²) in [5, 5.41) is 10.8. The zero-order chi connectivity index (χ0) is 21.5. The molecule has 11 heteroatoms. The molecule has 1 amide bonds. The molecule has 1 aliphatic carbocycles. The Hall–Kier alpha value is -2.98. The highest BCUT2D eigenvalue weighted by atomic mass is 19.4. The van der Waals surface area contributed by atoms with Crippen molar-refractivity contribution in [3.05, 3.63) is 35.0 Å². The first-order valence-electron chi connectivity index (χ1n) is 9.87. The Kier molecular flexibility index (Phi) is 5.20. The van der Waals surface area contributed by atoms with E-state index in [1.165, 1.54) is 0 Å². The van der Waals surface area contributed by atoms with Crippen LogP contribution in [0.1, 0.15) is 60.9 Å². The third-order valence-corrected chi connectivity index (χ3v) is 5.51. The summed E-state index contributed by atoms with van der Waals surface area (Å²) in [5.74, 6) is -0.859. The van der Waals surface area contributed by atoms with Crippen molar-refractivity contribution in [3.63, 3.8) is 0 Å². The second-order valence-electron chi connectivity index (χ2n) is 7.55. The number of carbonyl (C=O) groups excluding carboxylic acids is 1. The molecule has 4 rings (SSSR count). The smallest absolute Gasteiger partial charge is 0.311 e. The number of carbonyl (C=O) groups is 1. The van der Waals surface area contributed by atoms with Gasteiger partial charge in [0, 0.05) is 23.9 Å². The molecule has 0 unspecified atom stereocenters. The summed E-state index contributed by atoms with van der Waals surface area (Å²) in [4.78, 5) is 20.1. The van der Waals surface area contributed by atoms with Crippen LogP contribution in [0.3, 0.4) is 0 Å². The number of hydrogen-bond acceptors (Lipinski definition) is 5. The number of aromatic nitrogens is 6. The summed E-state index contributed by atoms with van der Waals surface area (Å²) in [6.45, 7) is 3.34. The number of rotatable bonds is 5. The minimum absolute atomic E-state index is 0.106. The molecule has 160 valence electrons. The number of fused-ring (bicyclic) bond motifs is 1. The zero-order valence-electron chi connectivity index (χ0n) is 16.7. The lowest BCUT2D eigenvalue weighted by atomic mass is 10.1. The summed E-state index contributed by atoms with van der Waals surface area (Å²) in [6, 6.07) is 2.08. The van der Waals surface area contributed by atoms with Crippen LogP contribution >= 0.6 is 0 Å². The normalized spacial score (nSPS) is 15.2. The standard InChI is InChI=1S/C19H22F3N7O/c1-11-14(12(2)28-18(24-11)26-17(27-28)19(20,21)22)7-8-16(30)25-15-9-10-23-29(15)13-5-3-4-6-13/h9-10,13H,3-8H2,1-2H3,(H,25,30). The first-order valence-corrected chi connectivity index (χ1v) is 9.87. The number of nitrogens with one attached hydrogen (secondary N) is 1. The van der Waals surface area contributed by atoms with Gasteiger partial charge in [-0.3, -0.25) is 4.79 Å². The maximum atomic E-state index is 12.9. The third kappa shape index (κ3) is 3.88. The maximum absolute atomic E-state index is 12.9. The number of amides is 1. The molecule has 0 aliphatic heterocycles. The van der Waals surface area contributed by atoms with Crippen molar-refractivity contribution < 1.29 is 18.0 Å². The van der Waals surface area contributed by atoms with Crippen LogP contribution in [0.5, 0.6) is 0 Å². The molecule has 3 heterocycles. The summed E-state index contributed by atoms with van der Waals surface area (Å²) in [6.07, 6.45) is 1.92. The molecule has 1 saturated carbocycles. The first-order chi connectivity index (χ1) is 14.2. The number of anilines is 1. The fraction of sp³-hybridized carbons (Fsp3) is 0.526. The lowest BCUT2D eigenvalue weighted by molar-refractivity contribution is -0.144. The third-order valence-electron chi connectivity index (χ3n) is 5.51. The number of alkyl halides is 3. The summed E-state index contributed by atoms with van der Waals surface area (Å²) in [7, 11) is 0. The van der Waals surface area contributed by atoms with Crippen LogP contribution in [0.2, 0.25) is 0 Å². The minimum atomic E-state index is -4.64. The highest BCUT2D eigenvalue weighted by Gasteiger charge is 2.37. The molecule has 1 aliphatic rings. The van der Waals surface area contributed by atoms with Gasteiger partial charge in [-0.1, -0.05) is 12.8 Å². The topological polar surface area (TPSA) is 90.0 Å². The molecule has 8 nitrogen and oxygen atoms in total. The van der Waals surface area contributed by atoms with Crippen LogP contribution in [0.4, 0.5) is 19.0 Å². The molecule has 0 radical (unpaired) electrons. The highest BCUT2D eigenvalue weighted by Crippen LogP contribution is 2.31. The molecule has 30 heavy (non-hydrogen) atoms. The van der Waals surface area contributed by atoms with E-state index in [-0.39, 0.29) is 18.1 Å². The van der Waals surface area contributed by atoms with Gasteiger partial charge in [0.2, 0.25) is 5.91 Å². The van der Waals surface area contributed by atoms with E-state index in [1.807, 2.05) is 4.68 Å². The van der Waals surface area contributed by atoms with Crippen LogP contribution < -0.4 is 5.32 Å². The fourth-order valence-corrected chi connectivity index (χ4v) is 3.99. The molecular formula is C19H22F3N7O. The average molecular weight is 421 g/mol. The predicted octanol–water partition coefficient (Wildman–Crippen LogP) is 3.64. The minimum Gasteiger partial charge on any atom is -0.311 e. The molecule has 3 aromatic rings. The number of hydrogen-bond donors (Lipinski definition) is 1. The molecule has 3 aromatic heterocycles. The van der Waals surface area contributed by atoms with E-state index in [9.17, 15) is 18.0 Å². The van der Waals surface area contributed by atoms with Crippen LogP contribution in [0, 0.1) is 13.8 Å². The molecule has 0 spiro atoms. The lowest BCUT2D eigenvalue weighted by Gasteiger charge is -2.15. The quantitative estimate of drug-likeness (QED) is 0.679. The number of aryl methyl sites for hydroxylation is 2. The van der Waals surface area contributed by atoms with E-state index in [1.54, 1.807) is 26.1 Å². The van der Waals surface area contributed by atoms with E-state index in [0.717, 1.165) is 30.2 Å². The van der Waals surface area contributed by atoms with Gasteiger partial charge < -0.3 is 5.32 Å². The Morgan fingerprint density at radius 2 is 1.97 bits per heavy atom. The van der Waals surface area contributed by atoms with Crippen LogP contribution in [-0.2, 0) is 17.4 Å². The molecule has 0 saturated heterocycles. The summed E-state index contributed by atoms with van der Waals surface area (Å²) in [5.41, 5.74) is 1.70. The average Bonchev–Trinajstić information content (AvgIpc) is 3.40. The summed E-state index contributed by atoms with van der Waals surface area (Å²) < 4.78 is 41.7. The van der Waals surface area contributed by atoms with Crippen molar-refractivity contribution in [2.24, 2.45) is 0 Å². The van der Waals surface area contributed by atoms with Gasteiger partial charge in [-0.2, -0.15) is 23.3 Å². The Morgan fingerprint density at radius 3 is 2.67 bits per heavy atom. The van der Waals surface area contributed by atoms with E-state index in [0.29, 0.717) is 35.2 Å². The second-order valence-corrected chi connectivity index (χ2v) is 7.55. The monoisotopic (exact) mass is 421 g/mol. The summed E-state index contributed by atoms with van der Waals surface area (Å²) >= 11 is 0. The van der Waals surface area contributed by atoms with Gasteiger partial charge in [-0.25, -0.2) is 14.2 Å². The SMILES string of the molecule is Cc1nc2nc(C(F)(F)F)nn2c(C)c1CCC(=O)Nc1ccnn1C1CCCC1. The van der Waals surface area contributed by atoms with E-state index in [4.69, 9.17) is 0 Å². The van der Waals surface area contributed by atoms with Gasteiger partial charge in [-0.15, -0.1) is 5.10 Å². The zero-order valence-corrected chi connectivity index (χ0v) is 16.7. The predicted molar refractivity (Wildman–Crippen MR) is 102 cm³/mol. The molecule has 0 aromatic carbocycles. The van der Waals surface area contributed by atoms with Gasteiger partial charge in [-0.05, 0) is 38.7 Å². The highest BCUT2D eigenvalue weighted by molar-refractivity contribution is 5.90. The van der Waals surface area contributed by atoms with Crippen LogP contribution in [0.25, 0.3) is 5.78 Å². The van der Waals surface area contributed by atoms with Crippen molar-refractivity contribution in [3.8, 4) is 0 Å². The van der Waals surface area contributed by atoms with Crippen LogP contribution in [0.15, 0.2) is 12.3 Å². The van der Waals surface area contributed by atoms with Crippen molar-refractivity contribution in [2.45, 2.75) is 64.6 Å². The van der Waals surface area contributed by atoms with Gasteiger partial charge in [0.25, 0.3) is 11.6 Å². The van der Waals surface area contributed by atoms with Gasteiger partial charge in [0.05, 0.1) is 12.2 Å². The van der Waals surface area contributed by atoms with Crippen molar-refractivity contribution in [1.29, 1.82) is 0 Å². The Bertz CT molecular complexity index is 1080. The van der Waals surface area contributed by atoms with Gasteiger partial charge in [0.1, 0.15) is 5.82 Å². The Labute approximate surface area is 170 Å². The van der Waals surface area contributed by atoms with Crippen molar-refractivity contribution in [1.82, 2.24) is 29.4 Å². The molecular weight excluding hydrogens is 399 g/mol. The Morgan fingerprint density at radius 1 is 1.23 bits per heavy atom. The lowest BCUT2D eigenvalue weighted by Crippen LogP contribution is -2.18. The molecule has 0 bridgehead atoms. The molecule has 0 atom stereocenters. The maximum Gasteiger partial charge on any atom is 0.453 e. The fourth-order valence-electron chi connectivity index (χ4n) is 3.99. The largest absolute Gasteiger partial charge is 0.453 e. The molecule has 1 fully saturated rings.